The van der Waals surface area contributed by atoms with Crippen molar-refractivity contribution in [3.63, 3.8) is 0 Å². The summed E-state index contributed by atoms with van der Waals surface area (Å²) in [5.74, 6) is 1.72. The van der Waals surface area contributed by atoms with Crippen LogP contribution in [0.3, 0.4) is 0 Å². The van der Waals surface area contributed by atoms with E-state index in [4.69, 9.17) is 9.26 Å². The molecule has 0 saturated carbocycles. The van der Waals surface area contributed by atoms with Crippen molar-refractivity contribution in [2.75, 3.05) is 18.5 Å². The zero-order chi connectivity index (χ0) is 15.0. The standard InChI is InChI=1S/C15H18IN3O2/c1-9-13(10(2)21-19-9)11-6-12(16)14(17-7-11)18-15(3)4-5-20-8-15/h6-7H,4-5,8H2,1-3H3,(H,17,18). The lowest BCUT2D eigenvalue weighted by molar-refractivity contribution is 0.185. The molecule has 1 fully saturated rings. The lowest BCUT2D eigenvalue weighted by Crippen LogP contribution is -2.35. The molecular formula is C15H18IN3O2. The maximum atomic E-state index is 5.47. The molecule has 0 amide bonds. The number of aryl methyl sites for hydroxylation is 2. The van der Waals surface area contributed by atoms with Crippen molar-refractivity contribution in [2.45, 2.75) is 32.7 Å². The van der Waals surface area contributed by atoms with Crippen molar-refractivity contribution in [3.05, 3.63) is 27.3 Å². The monoisotopic (exact) mass is 399 g/mol. The van der Waals surface area contributed by atoms with Gasteiger partial charge in [0.15, 0.2) is 0 Å². The SMILES string of the molecule is Cc1noc(C)c1-c1cnc(NC2(C)CCOC2)c(I)c1. The van der Waals surface area contributed by atoms with Crippen molar-refractivity contribution in [3.8, 4) is 11.1 Å². The summed E-state index contributed by atoms with van der Waals surface area (Å²) in [7, 11) is 0. The maximum Gasteiger partial charge on any atom is 0.141 e. The second-order valence-electron chi connectivity index (χ2n) is 5.74. The molecule has 2 aromatic heterocycles. The van der Waals surface area contributed by atoms with E-state index in [1.54, 1.807) is 0 Å². The summed E-state index contributed by atoms with van der Waals surface area (Å²) in [6.07, 6.45) is 2.87. The second-order valence-corrected chi connectivity index (χ2v) is 6.90. The third-order valence-electron chi connectivity index (χ3n) is 3.80. The first-order valence-electron chi connectivity index (χ1n) is 6.93. The summed E-state index contributed by atoms with van der Waals surface area (Å²) in [5.41, 5.74) is 2.93. The highest BCUT2D eigenvalue weighted by atomic mass is 127. The summed E-state index contributed by atoms with van der Waals surface area (Å²) in [5, 5.41) is 7.51. The van der Waals surface area contributed by atoms with Crippen LogP contribution < -0.4 is 5.32 Å². The van der Waals surface area contributed by atoms with Gasteiger partial charge in [0.05, 0.1) is 21.4 Å². The van der Waals surface area contributed by atoms with Gasteiger partial charge < -0.3 is 14.6 Å². The summed E-state index contributed by atoms with van der Waals surface area (Å²) in [4.78, 5) is 4.58. The molecule has 1 unspecified atom stereocenters. The highest BCUT2D eigenvalue weighted by Gasteiger charge is 2.30. The average molecular weight is 399 g/mol. The summed E-state index contributed by atoms with van der Waals surface area (Å²) in [6.45, 7) is 7.56. The largest absolute Gasteiger partial charge is 0.379 e. The summed E-state index contributed by atoms with van der Waals surface area (Å²) < 4.78 is 11.8. The Kier molecular flexibility index (Phi) is 3.92. The van der Waals surface area contributed by atoms with Crippen LogP contribution in [0.25, 0.3) is 11.1 Å². The topological polar surface area (TPSA) is 60.2 Å². The number of aromatic nitrogens is 2. The minimum atomic E-state index is -0.0303. The molecule has 0 spiro atoms. The Hall–Kier alpha value is -1.15. The van der Waals surface area contributed by atoms with Crippen molar-refractivity contribution in [2.24, 2.45) is 0 Å². The van der Waals surface area contributed by atoms with Crippen molar-refractivity contribution >= 4 is 28.4 Å². The number of rotatable bonds is 3. The van der Waals surface area contributed by atoms with Crippen LogP contribution in [0.15, 0.2) is 16.8 Å². The average Bonchev–Trinajstić information content (AvgIpc) is 3.00. The molecule has 0 bridgehead atoms. The number of pyridine rings is 1. The van der Waals surface area contributed by atoms with Gasteiger partial charge in [0.2, 0.25) is 0 Å². The Labute approximate surface area is 137 Å². The number of hydrogen-bond acceptors (Lipinski definition) is 5. The van der Waals surface area contributed by atoms with Crippen LogP contribution in [0.4, 0.5) is 5.82 Å². The fourth-order valence-electron chi connectivity index (χ4n) is 2.61. The number of hydrogen-bond donors (Lipinski definition) is 1. The van der Waals surface area contributed by atoms with Gasteiger partial charge >= 0.3 is 0 Å². The number of nitrogens with one attached hydrogen (secondary N) is 1. The van der Waals surface area contributed by atoms with E-state index in [-0.39, 0.29) is 5.54 Å². The number of nitrogens with zero attached hydrogens (tertiary/aromatic N) is 2. The highest BCUT2D eigenvalue weighted by molar-refractivity contribution is 14.1. The molecule has 0 aliphatic carbocycles. The molecule has 5 nitrogen and oxygen atoms in total. The molecule has 3 rings (SSSR count). The first-order chi connectivity index (χ1) is 9.98. The van der Waals surface area contributed by atoms with Crippen LogP contribution in [0, 0.1) is 17.4 Å². The van der Waals surface area contributed by atoms with E-state index < -0.39 is 0 Å². The predicted molar refractivity (Wildman–Crippen MR) is 89.4 cm³/mol. The van der Waals surface area contributed by atoms with Gasteiger partial charge in [0.25, 0.3) is 0 Å². The van der Waals surface area contributed by atoms with Crippen LogP contribution in [0.5, 0.6) is 0 Å². The van der Waals surface area contributed by atoms with E-state index in [0.717, 1.165) is 51.6 Å². The number of anilines is 1. The van der Waals surface area contributed by atoms with Gasteiger partial charge in [-0.3, -0.25) is 0 Å². The molecular weight excluding hydrogens is 381 g/mol. The Morgan fingerprint density at radius 2 is 2.19 bits per heavy atom. The van der Waals surface area contributed by atoms with Gasteiger partial charge in [0, 0.05) is 23.9 Å². The van der Waals surface area contributed by atoms with Crippen LogP contribution >= 0.6 is 22.6 Å². The van der Waals surface area contributed by atoms with E-state index >= 15 is 0 Å². The van der Waals surface area contributed by atoms with Crippen LogP contribution in [0.2, 0.25) is 0 Å². The molecule has 0 aromatic carbocycles. The van der Waals surface area contributed by atoms with Gasteiger partial charge in [0.1, 0.15) is 11.6 Å². The third kappa shape index (κ3) is 2.91. The van der Waals surface area contributed by atoms with E-state index in [9.17, 15) is 0 Å². The van der Waals surface area contributed by atoms with Crippen LogP contribution in [-0.4, -0.2) is 28.9 Å². The van der Waals surface area contributed by atoms with E-state index in [1.807, 2.05) is 20.0 Å². The first-order valence-corrected chi connectivity index (χ1v) is 8.01. The van der Waals surface area contributed by atoms with Gasteiger partial charge in [-0.05, 0) is 55.8 Å². The molecule has 1 N–H and O–H groups in total. The predicted octanol–water partition coefficient (Wildman–Crippen LogP) is 3.55. The lowest BCUT2D eigenvalue weighted by Gasteiger charge is -2.25. The Morgan fingerprint density at radius 3 is 2.76 bits per heavy atom. The Morgan fingerprint density at radius 1 is 1.38 bits per heavy atom. The smallest absolute Gasteiger partial charge is 0.141 e. The zero-order valence-electron chi connectivity index (χ0n) is 12.4. The third-order valence-corrected chi connectivity index (χ3v) is 4.62. The van der Waals surface area contributed by atoms with Crippen molar-refractivity contribution in [1.82, 2.24) is 10.1 Å². The molecule has 1 aliphatic rings. The summed E-state index contributed by atoms with van der Waals surface area (Å²) >= 11 is 2.31. The molecule has 6 heteroatoms. The Bertz CT molecular complexity index is 643. The highest BCUT2D eigenvalue weighted by Crippen LogP contribution is 2.31. The fourth-order valence-corrected chi connectivity index (χ4v) is 3.22. The lowest BCUT2D eigenvalue weighted by atomic mass is 10.0. The summed E-state index contributed by atoms with van der Waals surface area (Å²) in [6, 6.07) is 2.11. The van der Waals surface area contributed by atoms with Gasteiger partial charge in [-0.25, -0.2) is 4.98 Å². The minimum absolute atomic E-state index is 0.0303. The molecule has 0 radical (unpaired) electrons. The molecule has 1 atom stereocenters. The second kappa shape index (κ2) is 5.57. The molecule has 2 aromatic rings. The molecule has 112 valence electrons. The molecule has 1 aliphatic heterocycles. The van der Waals surface area contributed by atoms with Gasteiger partial charge in [-0.1, -0.05) is 5.16 Å². The zero-order valence-corrected chi connectivity index (χ0v) is 14.5. The molecule has 1 saturated heterocycles. The van der Waals surface area contributed by atoms with Crippen LogP contribution in [-0.2, 0) is 4.74 Å². The fraction of sp³-hybridized carbons (Fsp3) is 0.467. The van der Waals surface area contributed by atoms with E-state index in [2.05, 4.69) is 51.0 Å². The van der Waals surface area contributed by atoms with Crippen molar-refractivity contribution < 1.29 is 9.26 Å². The first kappa shape index (κ1) is 14.8. The molecule has 3 heterocycles. The number of ether oxygens (including phenoxy) is 1. The van der Waals surface area contributed by atoms with E-state index in [1.165, 1.54) is 0 Å². The number of halogens is 1. The quantitative estimate of drug-likeness (QED) is 0.801. The minimum Gasteiger partial charge on any atom is -0.379 e. The van der Waals surface area contributed by atoms with E-state index in [0.29, 0.717) is 0 Å². The van der Waals surface area contributed by atoms with Gasteiger partial charge in [-0.2, -0.15) is 0 Å². The Balaban J connectivity index is 1.90. The van der Waals surface area contributed by atoms with Crippen LogP contribution in [0.1, 0.15) is 24.8 Å². The maximum absolute atomic E-state index is 5.47. The molecule has 21 heavy (non-hydrogen) atoms. The normalized spacial score (nSPS) is 21.7. The van der Waals surface area contributed by atoms with Crippen molar-refractivity contribution in [1.29, 1.82) is 0 Å². The van der Waals surface area contributed by atoms with Gasteiger partial charge in [-0.15, -0.1) is 0 Å².